The normalized spacial score (nSPS) is 31.2. The molecule has 176 valence electrons. The van der Waals surface area contributed by atoms with Gasteiger partial charge in [-0.15, -0.1) is 0 Å². The van der Waals surface area contributed by atoms with E-state index in [9.17, 15) is 0 Å². The quantitative estimate of drug-likeness (QED) is 0.485. The van der Waals surface area contributed by atoms with E-state index in [4.69, 9.17) is 16.5 Å². The van der Waals surface area contributed by atoms with Gasteiger partial charge in [0.25, 0.3) is 40.0 Å². The second-order valence-electron chi connectivity index (χ2n) is 9.16. The van der Waals surface area contributed by atoms with Gasteiger partial charge in [-0.25, -0.2) is 0 Å². The third-order valence-corrected chi connectivity index (χ3v) is 12.6. The molecule has 1 fully saturated rings. The lowest BCUT2D eigenvalue weighted by Gasteiger charge is -2.54. The Bertz CT molecular complexity index is 557. The maximum absolute atomic E-state index is 5.10. The molecule has 2 aliphatic rings. The van der Waals surface area contributed by atoms with Crippen LogP contribution in [0.1, 0.15) is 107 Å². The summed E-state index contributed by atoms with van der Waals surface area (Å²) in [6.07, 6.45) is 10.3. The van der Waals surface area contributed by atoms with Crippen LogP contribution in [0.25, 0.3) is 0 Å². The first-order valence-corrected chi connectivity index (χ1v) is 16.7. The number of hydrogen-bond acceptors (Lipinski definition) is 4. The summed E-state index contributed by atoms with van der Waals surface area (Å²) in [7, 11) is -2.61. The molecule has 4 nitrogen and oxygen atoms in total. The van der Waals surface area contributed by atoms with Gasteiger partial charge in [-0.05, 0) is 61.5 Å². The van der Waals surface area contributed by atoms with Gasteiger partial charge in [0.15, 0.2) is 0 Å². The number of allylic oxidation sites excluding steroid dienone is 4. The highest BCUT2D eigenvalue weighted by molar-refractivity contribution is 6.50. The van der Waals surface area contributed by atoms with Crippen molar-refractivity contribution in [2.24, 2.45) is 10.8 Å². The van der Waals surface area contributed by atoms with Crippen LogP contribution in [0.5, 0.6) is 0 Å². The summed E-state index contributed by atoms with van der Waals surface area (Å²) >= 11 is 0. The molecule has 0 spiro atoms. The molecular weight excluding hydrogens is 441 g/mol. The minimum absolute atomic E-state index is 0.337. The molecule has 1 aliphatic heterocycles. The lowest BCUT2D eigenvalue weighted by Crippen LogP contribution is -2.43. The van der Waals surface area contributed by atoms with Crippen LogP contribution in [0.4, 0.5) is 0 Å². The van der Waals surface area contributed by atoms with Crippen molar-refractivity contribution in [1.29, 1.82) is 0 Å². The van der Waals surface area contributed by atoms with Crippen LogP contribution in [0, 0.1) is 10.8 Å². The summed E-state index contributed by atoms with van der Waals surface area (Å²) in [6.45, 7) is 19.4. The minimum Gasteiger partial charge on any atom is -0.425 e. The minimum atomic E-state index is -0.653. The molecule has 0 aromatic rings. The van der Waals surface area contributed by atoms with E-state index in [0.29, 0.717) is 10.8 Å². The third kappa shape index (κ3) is 6.84. The van der Waals surface area contributed by atoms with Crippen molar-refractivity contribution >= 4 is 40.0 Å². The fraction of sp³-hybridized carbons (Fsp3) is 0.818. The molecule has 0 aromatic carbocycles. The van der Waals surface area contributed by atoms with E-state index >= 15 is 0 Å². The molecule has 0 bridgehead atoms. The van der Waals surface area contributed by atoms with Crippen LogP contribution in [0.3, 0.4) is 0 Å². The molecule has 2 atom stereocenters. The summed E-state index contributed by atoms with van der Waals surface area (Å²) in [4.78, 5) is 0. The summed E-state index contributed by atoms with van der Waals surface area (Å²) in [6, 6.07) is 0. The van der Waals surface area contributed by atoms with Gasteiger partial charge in [0, 0.05) is 0 Å². The van der Waals surface area contributed by atoms with Gasteiger partial charge in [0.05, 0.1) is 0 Å². The lowest BCUT2D eigenvalue weighted by molar-refractivity contribution is 0.112. The summed E-state index contributed by atoms with van der Waals surface area (Å²) in [5.41, 5.74) is 7.50. The van der Waals surface area contributed by atoms with Gasteiger partial charge in [0.2, 0.25) is 0 Å². The van der Waals surface area contributed by atoms with Crippen molar-refractivity contribution in [3.8, 4) is 0 Å². The Morgan fingerprint density at radius 2 is 1.07 bits per heavy atom. The van der Waals surface area contributed by atoms with E-state index in [1.807, 2.05) is 0 Å². The smallest absolute Gasteiger partial charge is 0.286 e. The molecule has 0 saturated carbocycles. The average molecular weight is 489 g/mol. The Morgan fingerprint density at radius 1 is 0.633 bits per heavy atom. The number of hydrogen-bond donors (Lipinski definition) is 0. The molecule has 30 heavy (non-hydrogen) atoms. The highest BCUT2D eigenvalue weighted by atomic mass is 28.4. The van der Waals surface area contributed by atoms with Gasteiger partial charge < -0.3 is 16.5 Å². The van der Waals surface area contributed by atoms with E-state index in [0.717, 1.165) is 0 Å². The molecular formula is C22H48O4Si4. The van der Waals surface area contributed by atoms with Crippen LogP contribution in [0.15, 0.2) is 22.3 Å². The van der Waals surface area contributed by atoms with E-state index in [1.54, 1.807) is 22.3 Å². The highest BCUT2D eigenvalue weighted by Crippen LogP contribution is 2.61. The maximum Gasteiger partial charge on any atom is 0.286 e. The third-order valence-electron chi connectivity index (χ3n) is 7.26. The first-order chi connectivity index (χ1) is 14.3. The summed E-state index contributed by atoms with van der Waals surface area (Å²) < 4.78 is 20.4. The predicted octanol–water partition coefficient (Wildman–Crippen LogP) is 3.91. The van der Waals surface area contributed by atoms with Gasteiger partial charge in [-0.2, -0.15) is 0 Å². The molecule has 0 N–H and O–H groups in total. The Balaban J connectivity index is 0.000000467. The van der Waals surface area contributed by atoms with E-state index in [1.165, 1.54) is 51.4 Å². The topological polar surface area (TPSA) is 36.9 Å². The Hall–Kier alpha value is 0.188. The van der Waals surface area contributed by atoms with E-state index in [2.05, 4.69) is 55.4 Å². The van der Waals surface area contributed by atoms with Gasteiger partial charge in [-0.1, -0.05) is 78.4 Å². The molecule has 8 heteroatoms. The summed E-state index contributed by atoms with van der Waals surface area (Å²) in [5, 5.41) is 0. The van der Waals surface area contributed by atoms with Crippen LogP contribution in [-0.4, -0.2) is 40.0 Å². The zero-order valence-electron chi connectivity index (χ0n) is 21.1. The van der Waals surface area contributed by atoms with E-state index < -0.39 is 40.0 Å². The largest absolute Gasteiger partial charge is 0.425 e. The van der Waals surface area contributed by atoms with Gasteiger partial charge in [0.1, 0.15) is 0 Å². The second kappa shape index (κ2) is 14.4. The van der Waals surface area contributed by atoms with Crippen molar-refractivity contribution in [1.82, 2.24) is 0 Å². The predicted molar refractivity (Wildman–Crippen MR) is 140 cm³/mol. The van der Waals surface area contributed by atoms with Gasteiger partial charge >= 0.3 is 0 Å². The molecule has 0 radical (unpaired) electrons. The monoisotopic (exact) mass is 488 g/mol. The van der Waals surface area contributed by atoms with E-state index in [-0.39, 0.29) is 0 Å². The van der Waals surface area contributed by atoms with Crippen molar-refractivity contribution in [2.45, 2.75) is 107 Å². The molecule has 2 rings (SSSR count). The number of rotatable bonds is 8. The fourth-order valence-electron chi connectivity index (χ4n) is 5.47. The first kappa shape index (κ1) is 28.2. The Labute approximate surface area is 196 Å². The van der Waals surface area contributed by atoms with Crippen molar-refractivity contribution in [3.63, 3.8) is 0 Å². The van der Waals surface area contributed by atoms with Crippen molar-refractivity contribution < 1.29 is 16.5 Å². The highest BCUT2D eigenvalue weighted by Gasteiger charge is 2.50. The zero-order chi connectivity index (χ0) is 22.6. The summed E-state index contributed by atoms with van der Waals surface area (Å²) in [5.74, 6) is 0. The molecule has 0 aromatic heterocycles. The fourth-order valence-corrected chi connectivity index (χ4v) is 12.7. The van der Waals surface area contributed by atoms with Crippen molar-refractivity contribution in [2.75, 3.05) is 0 Å². The Morgan fingerprint density at radius 3 is 1.47 bits per heavy atom. The van der Waals surface area contributed by atoms with Gasteiger partial charge in [-0.3, -0.25) is 0 Å². The van der Waals surface area contributed by atoms with Crippen LogP contribution < -0.4 is 0 Å². The molecule has 0 amide bonds. The molecule has 1 heterocycles. The first-order valence-electron chi connectivity index (χ1n) is 12.1. The standard InChI is InChI=1S/C22H40.H8O4Si4/c1-9-13-19-17(5)18(6)21(7,15-11-3)22(8,16-12-4)20(19)14-10-2;1-5-2-7-4-8-3-6-1/h9-16H2,1-8H3;5-8H2. The lowest BCUT2D eigenvalue weighted by atomic mass is 9.50. The zero-order valence-corrected chi connectivity index (χ0v) is 26.8. The van der Waals surface area contributed by atoms with Crippen LogP contribution in [-0.2, 0) is 16.5 Å². The van der Waals surface area contributed by atoms with Crippen LogP contribution in [0.2, 0.25) is 0 Å². The maximum atomic E-state index is 5.10. The molecule has 1 aliphatic carbocycles. The average Bonchev–Trinajstić information content (AvgIpc) is 2.68. The van der Waals surface area contributed by atoms with Crippen molar-refractivity contribution in [3.05, 3.63) is 22.3 Å². The molecule has 1 saturated heterocycles. The Kier molecular flexibility index (Phi) is 13.5. The van der Waals surface area contributed by atoms with Crippen LogP contribution >= 0.6 is 0 Å². The molecule has 2 unspecified atom stereocenters. The second-order valence-corrected chi connectivity index (χ2v) is 16.6. The SMILES string of the molecule is CCCC1=C(CCC)C(C)(CCC)C(C)(CCC)C(C)=C1C.O1[SiH2]O[SiH2]O[SiH2]O[SiH2]1.